The lowest BCUT2D eigenvalue weighted by Crippen LogP contribution is -2.54. The first-order valence-corrected chi connectivity index (χ1v) is 7.80. The standard InChI is InChI=1S/C17H19F3N4/c1-11(2)16(17(18,19)20)23-8-6-15-22-14(9-12(3)24(15)23)13-5-4-7-21-10-13/h4-7,9-11,16H,8H2,1-3H3. The van der Waals surface area contributed by atoms with Crippen LogP contribution in [-0.2, 0) is 0 Å². The van der Waals surface area contributed by atoms with Crippen molar-refractivity contribution >= 4 is 5.71 Å². The van der Waals surface area contributed by atoms with Gasteiger partial charge in [-0.1, -0.05) is 13.8 Å². The Balaban J connectivity index is 1.93. The molecular formula is C17H19F3N4. The lowest BCUT2D eigenvalue weighted by atomic mass is 10.0. The molecule has 3 rings (SSSR count). The van der Waals surface area contributed by atoms with E-state index in [4.69, 9.17) is 0 Å². The third-order valence-corrected chi connectivity index (χ3v) is 4.09. The Bertz CT molecular complexity index is 704. The summed E-state index contributed by atoms with van der Waals surface area (Å²) in [5.41, 5.74) is 2.26. The summed E-state index contributed by atoms with van der Waals surface area (Å²) in [6, 6.07) is 2.14. The Morgan fingerprint density at radius 1 is 1.25 bits per heavy atom. The van der Waals surface area contributed by atoms with Gasteiger partial charge in [0.2, 0.25) is 0 Å². The summed E-state index contributed by atoms with van der Waals surface area (Å²) < 4.78 is 40.5. The second kappa shape index (κ2) is 6.05. The van der Waals surface area contributed by atoms with Crippen molar-refractivity contribution in [2.75, 3.05) is 6.54 Å². The maximum Gasteiger partial charge on any atom is 0.406 e. The van der Waals surface area contributed by atoms with Crippen molar-refractivity contribution in [3.63, 3.8) is 0 Å². The van der Waals surface area contributed by atoms with Crippen LogP contribution in [0.2, 0.25) is 0 Å². The van der Waals surface area contributed by atoms with E-state index >= 15 is 0 Å². The Labute approximate surface area is 139 Å². The molecule has 2 aliphatic rings. The third kappa shape index (κ3) is 2.96. The minimum atomic E-state index is -4.30. The number of halogens is 3. The number of hydrogen-bond acceptors (Lipinski definition) is 4. The number of alkyl halides is 3. The van der Waals surface area contributed by atoms with E-state index in [1.54, 1.807) is 56.4 Å². The maximum absolute atomic E-state index is 13.5. The lowest BCUT2D eigenvalue weighted by Gasteiger charge is -2.41. The highest BCUT2D eigenvalue weighted by molar-refractivity contribution is 6.09. The monoisotopic (exact) mass is 336 g/mol. The van der Waals surface area contributed by atoms with Crippen LogP contribution in [0.25, 0.3) is 0 Å². The van der Waals surface area contributed by atoms with Crippen LogP contribution < -0.4 is 0 Å². The fraction of sp³-hybridized carbons (Fsp3) is 0.412. The number of hydrogen-bond donors (Lipinski definition) is 0. The van der Waals surface area contributed by atoms with E-state index in [9.17, 15) is 13.2 Å². The number of nitrogens with zero attached hydrogens (tertiary/aromatic N) is 4. The molecule has 0 aliphatic carbocycles. The summed E-state index contributed by atoms with van der Waals surface area (Å²) >= 11 is 0. The molecule has 0 amide bonds. The van der Waals surface area contributed by atoms with Crippen LogP contribution in [0.3, 0.4) is 0 Å². The van der Waals surface area contributed by atoms with Gasteiger partial charge in [-0.25, -0.2) is 4.99 Å². The van der Waals surface area contributed by atoms with Gasteiger partial charge in [0.1, 0.15) is 11.9 Å². The summed E-state index contributed by atoms with van der Waals surface area (Å²) in [7, 11) is 0. The maximum atomic E-state index is 13.5. The smallest absolute Gasteiger partial charge is 0.264 e. The van der Waals surface area contributed by atoms with E-state index in [0.717, 1.165) is 5.56 Å². The molecule has 0 saturated carbocycles. The summed E-state index contributed by atoms with van der Waals surface area (Å²) in [5, 5.41) is 2.91. The summed E-state index contributed by atoms with van der Waals surface area (Å²) in [6.45, 7) is 5.16. The van der Waals surface area contributed by atoms with Crippen LogP contribution in [0.1, 0.15) is 26.3 Å². The molecule has 1 atom stereocenters. The molecule has 0 fully saturated rings. The van der Waals surface area contributed by atoms with Gasteiger partial charge >= 0.3 is 6.18 Å². The van der Waals surface area contributed by atoms with Gasteiger partial charge in [-0.15, -0.1) is 0 Å². The molecule has 7 heteroatoms. The predicted octanol–water partition coefficient (Wildman–Crippen LogP) is 3.75. The molecule has 0 saturated heterocycles. The molecule has 0 spiro atoms. The van der Waals surface area contributed by atoms with Gasteiger partial charge in [-0.3, -0.25) is 9.99 Å². The van der Waals surface area contributed by atoms with E-state index < -0.39 is 18.1 Å². The Hall–Kier alpha value is -2.15. The zero-order valence-corrected chi connectivity index (χ0v) is 13.7. The van der Waals surface area contributed by atoms with Gasteiger partial charge in [0, 0.05) is 30.2 Å². The Morgan fingerprint density at radius 2 is 2.00 bits per heavy atom. The van der Waals surface area contributed by atoms with Crippen molar-refractivity contribution in [2.24, 2.45) is 10.9 Å². The van der Waals surface area contributed by atoms with Crippen LogP contribution in [0.15, 0.2) is 53.2 Å². The van der Waals surface area contributed by atoms with Crippen LogP contribution in [0.4, 0.5) is 13.2 Å². The number of fused-ring (bicyclic) bond motifs is 1. The van der Waals surface area contributed by atoms with Gasteiger partial charge in [0.05, 0.1) is 5.71 Å². The second-order valence-corrected chi connectivity index (χ2v) is 6.25. The number of hydrazine groups is 1. The highest BCUT2D eigenvalue weighted by atomic mass is 19.4. The third-order valence-electron chi connectivity index (χ3n) is 4.09. The summed E-state index contributed by atoms with van der Waals surface area (Å²) in [5.74, 6) is -0.0296. The number of pyridine rings is 1. The molecule has 4 nitrogen and oxygen atoms in total. The molecular weight excluding hydrogens is 317 g/mol. The normalized spacial score (nSPS) is 19.8. The molecule has 1 aromatic rings. The Kier molecular flexibility index (Phi) is 4.21. The van der Waals surface area contributed by atoms with E-state index in [0.29, 0.717) is 17.2 Å². The molecule has 2 aliphatic heterocycles. The molecule has 24 heavy (non-hydrogen) atoms. The van der Waals surface area contributed by atoms with Crippen LogP contribution in [0, 0.1) is 5.92 Å². The van der Waals surface area contributed by atoms with Crippen molar-refractivity contribution in [1.29, 1.82) is 0 Å². The first-order valence-electron chi connectivity index (χ1n) is 7.80. The van der Waals surface area contributed by atoms with Crippen molar-refractivity contribution in [3.8, 4) is 0 Å². The average molecular weight is 336 g/mol. The van der Waals surface area contributed by atoms with Gasteiger partial charge in [-0.2, -0.15) is 18.2 Å². The van der Waals surface area contributed by atoms with E-state index in [1.807, 2.05) is 6.07 Å². The minimum absolute atomic E-state index is 0.187. The largest absolute Gasteiger partial charge is 0.406 e. The number of aromatic nitrogens is 1. The van der Waals surface area contributed by atoms with Crippen molar-refractivity contribution in [3.05, 3.63) is 53.8 Å². The van der Waals surface area contributed by atoms with E-state index in [1.165, 1.54) is 5.01 Å². The minimum Gasteiger partial charge on any atom is -0.264 e. The van der Waals surface area contributed by atoms with E-state index in [-0.39, 0.29) is 6.54 Å². The highest BCUT2D eigenvalue weighted by Gasteiger charge is 2.49. The van der Waals surface area contributed by atoms with Gasteiger partial charge in [0.25, 0.3) is 0 Å². The molecule has 0 radical (unpaired) electrons. The second-order valence-electron chi connectivity index (χ2n) is 6.25. The van der Waals surface area contributed by atoms with Crippen molar-refractivity contribution < 1.29 is 13.2 Å². The van der Waals surface area contributed by atoms with Gasteiger partial charge < -0.3 is 0 Å². The molecule has 128 valence electrons. The van der Waals surface area contributed by atoms with Crippen LogP contribution >= 0.6 is 0 Å². The zero-order chi connectivity index (χ0) is 17.5. The number of aliphatic imine (C=N–C) groups is 1. The summed E-state index contributed by atoms with van der Waals surface area (Å²) in [4.78, 5) is 8.58. The van der Waals surface area contributed by atoms with Gasteiger partial charge in [-0.05, 0) is 37.1 Å². The van der Waals surface area contributed by atoms with Crippen molar-refractivity contribution in [1.82, 2.24) is 15.0 Å². The molecule has 1 aromatic heterocycles. The van der Waals surface area contributed by atoms with E-state index in [2.05, 4.69) is 9.98 Å². The Morgan fingerprint density at radius 3 is 2.58 bits per heavy atom. The molecule has 0 bridgehead atoms. The number of allylic oxidation sites excluding steroid dienone is 2. The van der Waals surface area contributed by atoms with Crippen LogP contribution in [0.5, 0.6) is 0 Å². The van der Waals surface area contributed by atoms with Crippen LogP contribution in [-0.4, -0.2) is 39.5 Å². The average Bonchev–Trinajstić information content (AvgIpc) is 2.90. The van der Waals surface area contributed by atoms with Gasteiger partial charge in [0.15, 0.2) is 0 Å². The molecule has 3 heterocycles. The fourth-order valence-corrected chi connectivity index (χ4v) is 3.16. The first kappa shape index (κ1) is 16.7. The fourth-order valence-electron chi connectivity index (χ4n) is 3.16. The topological polar surface area (TPSA) is 31.7 Å². The zero-order valence-electron chi connectivity index (χ0n) is 13.7. The molecule has 1 unspecified atom stereocenters. The summed E-state index contributed by atoms with van der Waals surface area (Å²) in [6.07, 6.45) is 2.58. The number of rotatable bonds is 3. The predicted molar refractivity (Wildman–Crippen MR) is 85.8 cm³/mol. The quantitative estimate of drug-likeness (QED) is 0.842. The van der Waals surface area contributed by atoms with Crippen molar-refractivity contribution in [2.45, 2.75) is 33.0 Å². The highest BCUT2D eigenvalue weighted by Crippen LogP contribution is 2.37. The molecule has 0 N–H and O–H groups in total. The SMILES string of the molecule is CC1=CC(c2cccnc2)=NC2=CCN(C(C(C)C)C(F)(F)F)N12. The lowest BCUT2D eigenvalue weighted by molar-refractivity contribution is -0.218. The first-order chi connectivity index (χ1) is 11.3. The molecule has 0 aromatic carbocycles.